The Bertz CT molecular complexity index is 294. The first-order chi connectivity index (χ1) is 7.27. The standard InChI is InChI=1S/C11H18N2OS/c1-3-12-11-10(5-4-6-13-11)8-15-9(2)7-14/h4-6,9,14H,3,7-8H2,1-2H3,(H,12,13). The minimum atomic E-state index is 0.224. The molecular formula is C11H18N2OS. The van der Waals surface area contributed by atoms with E-state index in [4.69, 9.17) is 5.11 Å². The lowest BCUT2D eigenvalue weighted by Gasteiger charge is -2.11. The highest BCUT2D eigenvalue weighted by molar-refractivity contribution is 7.99. The molecule has 15 heavy (non-hydrogen) atoms. The van der Waals surface area contributed by atoms with Crippen LogP contribution in [0, 0.1) is 0 Å². The number of aromatic nitrogens is 1. The minimum absolute atomic E-state index is 0.224. The molecule has 0 fully saturated rings. The molecule has 1 heterocycles. The van der Waals surface area contributed by atoms with Crippen molar-refractivity contribution >= 4 is 17.6 Å². The number of hydrogen-bond acceptors (Lipinski definition) is 4. The number of aliphatic hydroxyl groups is 1. The predicted molar refractivity (Wildman–Crippen MR) is 66.2 cm³/mol. The highest BCUT2D eigenvalue weighted by atomic mass is 32.2. The quantitative estimate of drug-likeness (QED) is 0.780. The molecule has 84 valence electrons. The van der Waals surface area contributed by atoms with Gasteiger partial charge in [-0.3, -0.25) is 0 Å². The van der Waals surface area contributed by atoms with E-state index < -0.39 is 0 Å². The summed E-state index contributed by atoms with van der Waals surface area (Å²) in [7, 11) is 0. The average molecular weight is 226 g/mol. The monoisotopic (exact) mass is 226 g/mol. The molecule has 1 unspecified atom stereocenters. The van der Waals surface area contributed by atoms with Crippen LogP contribution in [0.15, 0.2) is 18.3 Å². The fraction of sp³-hybridized carbons (Fsp3) is 0.545. The highest BCUT2D eigenvalue weighted by Crippen LogP contribution is 2.21. The third kappa shape index (κ3) is 4.10. The maximum absolute atomic E-state index is 8.93. The molecule has 1 rings (SSSR count). The molecule has 2 N–H and O–H groups in total. The highest BCUT2D eigenvalue weighted by Gasteiger charge is 2.05. The van der Waals surface area contributed by atoms with Gasteiger partial charge in [0.15, 0.2) is 0 Å². The first kappa shape index (κ1) is 12.3. The van der Waals surface area contributed by atoms with Gasteiger partial charge >= 0.3 is 0 Å². The van der Waals surface area contributed by atoms with Crippen LogP contribution in [0.1, 0.15) is 19.4 Å². The number of anilines is 1. The van der Waals surface area contributed by atoms with Crippen LogP contribution in [0.3, 0.4) is 0 Å². The summed E-state index contributed by atoms with van der Waals surface area (Å²) in [6, 6.07) is 4.02. The number of thioether (sulfide) groups is 1. The van der Waals surface area contributed by atoms with E-state index in [1.165, 1.54) is 5.56 Å². The molecule has 0 saturated carbocycles. The fourth-order valence-corrected chi connectivity index (χ4v) is 1.97. The van der Waals surface area contributed by atoms with E-state index in [-0.39, 0.29) is 11.9 Å². The van der Waals surface area contributed by atoms with Crippen molar-refractivity contribution in [2.24, 2.45) is 0 Å². The molecule has 0 radical (unpaired) electrons. The summed E-state index contributed by atoms with van der Waals surface area (Å²) in [6.07, 6.45) is 1.79. The van der Waals surface area contributed by atoms with Crippen molar-refractivity contribution in [1.82, 2.24) is 4.98 Å². The van der Waals surface area contributed by atoms with Gasteiger partial charge in [0.2, 0.25) is 0 Å². The third-order valence-electron chi connectivity index (χ3n) is 2.02. The van der Waals surface area contributed by atoms with Crippen molar-refractivity contribution in [3.63, 3.8) is 0 Å². The van der Waals surface area contributed by atoms with Crippen molar-refractivity contribution in [2.45, 2.75) is 24.9 Å². The van der Waals surface area contributed by atoms with Crippen molar-refractivity contribution in [2.75, 3.05) is 18.5 Å². The van der Waals surface area contributed by atoms with Gasteiger partial charge in [0.25, 0.3) is 0 Å². The molecule has 1 aromatic heterocycles. The normalized spacial score (nSPS) is 12.5. The molecule has 0 aliphatic rings. The van der Waals surface area contributed by atoms with Gasteiger partial charge in [-0.1, -0.05) is 13.0 Å². The second kappa shape index (κ2) is 6.69. The molecule has 1 aromatic rings. The summed E-state index contributed by atoms with van der Waals surface area (Å²) < 4.78 is 0. The van der Waals surface area contributed by atoms with Crippen LogP contribution in [0.4, 0.5) is 5.82 Å². The number of pyridine rings is 1. The van der Waals surface area contributed by atoms with E-state index in [0.717, 1.165) is 18.1 Å². The Kier molecular flexibility index (Phi) is 5.50. The van der Waals surface area contributed by atoms with Crippen LogP contribution in [-0.2, 0) is 5.75 Å². The van der Waals surface area contributed by atoms with Gasteiger partial charge in [-0.05, 0) is 13.0 Å². The van der Waals surface area contributed by atoms with Gasteiger partial charge in [0, 0.05) is 29.3 Å². The van der Waals surface area contributed by atoms with Gasteiger partial charge < -0.3 is 10.4 Å². The van der Waals surface area contributed by atoms with E-state index in [1.54, 1.807) is 18.0 Å². The van der Waals surface area contributed by atoms with Gasteiger partial charge in [0.1, 0.15) is 5.82 Å². The van der Waals surface area contributed by atoms with Gasteiger partial charge in [-0.2, -0.15) is 11.8 Å². The zero-order valence-electron chi connectivity index (χ0n) is 9.23. The number of rotatable bonds is 6. The summed E-state index contributed by atoms with van der Waals surface area (Å²) in [6.45, 7) is 5.18. The van der Waals surface area contributed by atoms with E-state index in [9.17, 15) is 0 Å². The molecule has 0 amide bonds. The summed E-state index contributed by atoms with van der Waals surface area (Å²) in [4.78, 5) is 4.29. The third-order valence-corrected chi connectivity index (χ3v) is 3.21. The zero-order chi connectivity index (χ0) is 11.1. The van der Waals surface area contributed by atoms with Crippen LogP contribution in [-0.4, -0.2) is 28.5 Å². The summed E-state index contributed by atoms with van der Waals surface area (Å²) >= 11 is 1.74. The molecule has 3 nitrogen and oxygen atoms in total. The Morgan fingerprint density at radius 2 is 2.40 bits per heavy atom. The Balaban J connectivity index is 2.58. The molecule has 0 aliphatic heterocycles. The second-order valence-electron chi connectivity index (χ2n) is 3.35. The average Bonchev–Trinajstić information content (AvgIpc) is 2.28. The number of nitrogens with one attached hydrogen (secondary N) is 1. The largest absolute Gasteiger partial charge is 0.395 e. The topological polar surface area (TPSA) is 45.2 Å². The van der Waals surface area contributed by atoms with Crippen molar-refractivity contribution < 1.29 is 5.11 Å². The smallest absolute Gasteiger partial charge is 0.129 e. The van der Waals surface area contributed by atoms with Crippen molar-refractivity contribution in [3.05, 3.63) is 23.9 Å². The van der Waals surface area contributed by atoms with Crippen molar-refractivity contribution in [3.8, 4) is 0 Å². The minimum Gasteiger partial charge on any atom is -0.395 e. The maximum atomic E-state index is 8.93. The summed E-state index contributed by atoms with van der Waals surface area (Å²) in [5.74, 6) is 1.84. The Hall–Kier alpha value is -0.740. The molecule has 0 aliphatic carbocycles. The predicted octanol–water partition coefficient (Wildman–Crippen LogP) is 2.13. The lowest BCUT2D eigenvalue weighted by atomic mass is 10.3. The number of hydrogen-bond donors (Lipinski definition) is 2. The van der Waals surface area contributed by atoms with Crippen LogP contribution in [0.25, 0.3) is 0 Å². The lowest BCUT2D eigenvalue weighted by molar-refractivity contribution is 0.300. The van der Waals surface area contributed by atoms with Crippen LogP contribution < -0.4 is 5.32 Å². The molecule has 1 atom stereocenters. The van der Waals surface area contributed by atoms with E-state index >= 15 is 0 Å². The lowest BCUT2D eigenvalue weighted by Crippen LogP contribution is -2.05. The van der Waals surface area contributed by atoms with Crippen LogP contribution >= 0.6 is 11.8 Å². The molecule has 0 aromatic carbocycles. The fourth-order valence-electron chi connectivity index (χ4n) is 1.17. The van der Waals surface area contributed by atoms with Crippen LogP contribution in [0.5, 0.6) is 0 Å². The van der Waals surface area contributed by atoms with E-state index in [2.05, 4.69) is 23.3 Å². The first-order valence-electron chi connectivity index (χ1n) is 5.18. The van der Waals surface area contributed by atoms with Gasteiger partial charge in [-0.15, -0.1) is 0 Å². The van der Waals surface area contributed by atoms with Gasteiger partial charge in [-0.25, -0.2) is 4.98 Å². The van der Waals surface area contributed by atoms with Gasteiger partial charge in [0.05, 0.1) is 6.61 Å². The molecule has 0 saturated heterocycles. The Morgan fingerprint density at radius 3 is 3.07 bits per heavy atom. The van der Waals surface area contributed by atoms with Crippen molar-refractivity contribution in [1.29, 1.82) is 0 Å². The Labute approximate surface area is 95.3 Å². The van der Waals surface area contributed by atoms with E-state index in [0.29, 0.717) is 0 Å². The molecule has 4 heteroatoms. The molecular weight excluding hydrogens is 208 g/mol. The van der Waals surface area contributed by atoms with E-state index in [1.807, 2.05) is 13.0 Å². The number of nitrogens with zero attached hydrogens (tertiary/aromatic N) is 1. The summed E-state index contributed by atoms with van der Waals surface area (Å²) in [5.41, 5.74) is 1.20. The molecule has 0 bridgehead atoms. The maximum Gasteiger partial charge on any atom is 0.129 e. The molecule has 0 spiro atoms. The SMILES string of the molecule is CCNc1ncccc1CSC(C)CO. The second-order valence-corrected chi connectivity index (χ2v) is 4.77. The Morgan fingerprint density at radius 1 is 1.60 bits per heavy atom. The first-order valence-corrected chi connectivity index (χ1v) is 6.23. The summed E-state index contributed by atoms with van der Waals surface area (Å²) in [5, 5.41) is 12.4. The van der Waals surface area contributed by atoms with Crippen LogP contribution in [0.2, 0.25) is 0 Å². The zero-order valence-corrected chi connectivity index (χ0v) is 10.0. The number of aliphatic hydroxyl groups excluding tert-OH is 1.